The molecule has 0 saturated heterocycles. The zero-order valence-electron chi connectivity index (χ0n) is 11.5. The Morgan fingerprint density at radius 3 is 2.53 bits per heavy atom. The predicted octanol–water partition coefficient (Wildman–Crippen LogP) is 4.58. The third-order valence-corrected chi connectivity index (χ3v) is 3.40. The number of rotatable bonds is 5. The fourth-order valence-electron chi connectivity index (χ4n) is 1.63. The van der Waals surface area contributed by atoms with Crippen molar-refractivity contribution in [2.75, 3.05) is 7.11 Å². The lowest BCUT2D eigenvalue weighted by molar-refractivity contribution is 0.0600. The van der Waals surface area contributed by atoms with E-state index in [2.05, 4.69) is 13.2 Å². The Kier molecular flexibility index (Phi) is 5.64. The minimum atomic E-state index is -0.332. The molecule has 0 unspecified atom stereocenters. The maximum absolute atomic E-state index is 11.6. The molecule has 19 heavy (non-hydrogen) atoms. The Balaban J connectivity index is 3.03. The molecule has 0 aliphatic rings. The summed E-state index contributed by atoms with van der Waals surface area (Å²) in [5.74, 6) is -0.332. The summed E-state index contributed by atoms with van der Waals surface area (Å²) in [5, 5.41) is 0. The van der Waals surface area contributed by atoms with Gasteiger partial charge in [0, 0.05) is 4.91 Å². The van der Waals surface area contributed by atoms with Gasteiger partial charge in [0.25, 0.3) is 0 Å². The Bertz CT molecular complexity index is 542. The fraction of sp³-hybridized carbons (Fsp3) is 0.188. The van der Waals surface area contributed by atoms with Crippen LogP contribution in [0.15, 0.2) is 48.4 Å². The van der Waals surface area contributed by atoms with E-state index in [1.165, 1.54) is 7.11 Å². The number of hydrogen-bond donors (Lipinski definition) is 0. The number of hydrogen-bond acceptors (Lipinski definition) is 3. The second kappa shape index (κ2) is 7.00. The van der Waals surface area contributed by atoms with Gasteiger partial charge in [0.15, 0.2) is 0 Å². The molecule has 100 valence electrons. The summed E-state index contributed by atoms with van der Waals surface area (Å²) in [5.41, 5.74) is 2.48. The first kappa shape index (κ1) is 15.3. The normalized spacial score (nSPS) is 11.0. The van der Waals surface area contributed by atoms with Crippen molar-refractivity contribution < 1.29 is 9.53 Å². The Labute approximate surface area is 118 Å². The van der Waals surface area contributed by atoms with Crippen molar-refractivity contribution in [1.29, 1.82) is 0 Å². The van der Waals surface area contributed by atoms with E-state index in [4.69, 9.17) is 4.74 Å². The van der Waals surface area contributed by atoms with Crippen LogP contribution in [0, 0.1) is 6.92 Å². The standard InChI is InChI=1S/C16H18O2S/c1-6-7-12(3)19-13(4)14-8-11(2)9-15(10-14)16(17)18-5/h6-10H,1,4H2,2-3,5H3/b12-7-. The zero-order chi connectivity index (χ0) is 14.4. The average Bonchev–Trinajstić information content (AvgIpc) is 2.37. The molecule has 0 N–H and O–H groups in total. The van der Waals surface area contributed by atoms with Crippen LogP contribution in [0.5, 0.6) is 0 Å². The monoisotopic (exact) mass is 274 g/mol. The van der Waals surface area contributed by atoms with E-state index in [-0.39, 0.29) is 5.97 Å². The van der Waals surface area contributed by atoms with Crippen LogP contribution >= 0.6 is 11.8 Å². The quantitative estimate of drug-likeness (QED) is 0.581. The minimum Gasteiger partial charge on any atom is -0.465 e. The zero-order valence-corrected chi connectivity index (χ0v) is 12.3. The van der Waals surface area contributed by atoms with Crippen LogP contribution in [0.4, 0.5) is 0 Å². The number of aryl methyl sites for hydroxylation is 1. The summed E-state index contributed by atoms with van der Waals surface area (Å²) >= 11 is 1.56. The third kappa shape index (κ3) is 4.45. The minimum absolute atomic E-state index is 0.332. The topological polar surface area (TPSA) is 26.3 Å². The van der Waals surface area contributed by atoms with Gasteiger partial charge in [0.05, 0.1) is 12.7 Å². The van der Waals surface area contributed by atoms with E-state index >= 15 is 0 Å². The van der Waals surface area contributed by atoms with E-state index in [0.717, 1.165) is 20.9 Å². The summed E-state index contributed by atoms with van der Waals surface area (Å²) in [7, 11) is 1.38. The van der Waals surface area contributed by atoms with Crippen molar-refractivity contribution in [3.63, 3.8) is 0 Å². The summed E-state index contributed by atoms with van der Waals surface area (Å²) in [6, 6.07) is 5.61. The number of carbonyl (C=O) groups excluding carboxylic acids is 1. The van der Waals surface area contributed by atoms with Gasteiger partial charge in [-0.2, -0.15) is 0 Å². The van der Waals surface area contributed by atoms with E-state index in [1.54, 1.807) is 30.0 Å². The van der Waals surface area contributed by atoms with Crippen LogP contribution in [-0.2, 0) is 4.74 Å². The number of allylic oxidation sites excluding steroid dienone is 3. The first-order valence-electron chi connectivity index (χ1n) is 5.84. The van der Waals surface area contributed by atoms with Gasteiger partial charge in [0.1, 0.15) is 0 Å². The molecule has 0 atom stereocenters. The first-order chi connectivity index (χ1) is 8.97. The SMILES string of the molecule is C=C/C=C(/C)SC(=C)c1cc(C)cc(C(=O)OC)c1. The number of carbonyl (C=O) groups is 1. The maximum Gasteiger partial charge on any atom is 0.337 e. The highest BCUT2D eigenvalue weighted by molar-refractivity contribution is 8.11. The summed E-state index contributed by atoms with van der Waals surface area (Å²) in [4.78, 5) is 13.6. The summed E-state index contributed by atoms with van der Waals surface area (Å²) < 4.78 is 4.75. The van der Waals surface area contributed by atoms with Crippen molar-refractivity contribution in [2.45, 2.75) is 13.8 Å². The Hall–Kier alpha value is -1.74. The second-order valence-electron chi connectivity index (χ2n) is 4.12. The second-order valence-corrected chi connectivity index (χ2v) is 5.46. The lowest BCUT2D eigenvalue weighted by Gasteiger charge is -2.09. The molecule has 1 rings (SSSR count). The highest BCUT2D eigenvalue weighted by Gasteiger charge is 2.09. The smallest absolute Gasteiger partial charge is 0.337 e. The van der Waals surface area contributed by atoms with Crippen molar-refractivity contribution in [2.24, 2.45) is 0 Å². The van der Waals surface area contributed by atoms with Gasteiger partial charge < -0.3 is 4.74 Å². The molecule has 1 aromatic carbocycles. The largest absolute Gasteiger partial charge is 0.465 e. The van der Waals surface area contributed by atoms with Gasteiger partial charge >= 0.3 is 5.97 Å². The predicted molar refractivity (Wildman–Crippen MR) is 83.1 cm³/mol. The average molecular weight is 274 g/mol. The van der Waals surface area contributed by atoms with E-state index in [9.17, 15) is 4.79 Å². The maximum atomic E-state index is 11.6. The molecule has 2 nitrogen and oxygen atoms in total. The van der Waals surface area contributed by atoms with Gasteiger partial charge in [-0.3, -0.25) is 0 Å². The third-order valence-electron chi connectivity index (χ3n) is 2.46. The lowest BCUT2D eigenvalue weighted by Crippen LogP contribution is -2.02. The summed E-state index contributed by atoms with van der Waals surface area (Å²) in [6.07, 6.45) is 3.67. The number of ether oxygens (including phenoxy) is 1. The molecule has 0 aliphatic carbocycles. The van der Waals surface area contributed by atoms with Crippen LogP contribution in [0.3, 0.4) is 0 Å². The highest BCUT2D eigenvalue weighted by atomic mass is 32.2. The van der Waals surface area contributed by atoms with Crippen LogP contribution in [-0.4, -0.2) is 13.1 Å². The van der Waals surface area contributed by atoms with Gasteiger partial charge in [0.2, 0.25) is 0 Å². The molecule has 0 radical (unpaired) electrons. The molecule has 3 heteroatoms. The van der Waals surface area contributed by atoms with Crippen molar-refractivity contribution in [3.8, 4) is 0 Å². The van der Waals surface area contributed by atoms with Gasteiger partial charge in [-0.05, 0) is 42.0 Å². The number of thioether (sulfide) groups is 1. The van der Waals surface area contributed by atoms with E-state index in [0.29, 0.717) is 5.56 Å². The van der Waals surface area contributed by atoms with E-state index < -0.39 is 0 Å². The summed E-state index contributed by atoms with van der Waals surface area (Å²) in [6.45, 7) is 11.7. The molecule has 1 aromatic rings. The van der Waals surface area contributed by atoms with Crippen LogP contribution in [0.1, 0.15) is 28.4 Å². The highest BCUT2D eigenvalue weighted by Crippen LogP contribution is 2.32. The molecule has 0 spiro atoms. The molecule has 0 aromatic heterocycles. The van der Waals surface area contributed by atoms with Crippen molar-refractivity contribution in [1.82, 2.24) is 0 Å². The van der Waals surface area contributed by atoms with Crippen molar-refractivity contribution in [3.05, 3.63) is 65.1 Å². The van der Waals surface area contributed by atoms with Gasteiger partial charge in [-0.1, -0.05) is 43.1 Å². The fourth-order valence-corrected chi connectivity index (χ4v) is 2.42. The molecule has 0 heterocycles. The van der Waals surface area contributed by atoms with Gasteiger partial charge in [-0.15, -0.1) is 0 Å². The Morgan fingerprint density at radius 2 is 1.95 bits per heavy atom. The molecular formula is C16H18O2S. The lowest BCUT2D eigenvalue weighted by atomic mass is 10.1. The van der Waals surface area contributed by atoms with Gasteiger partial charge in [-0.25, -0.2) is 4.79 Å². The molecule has 0 bridgehead atoms. The number of methoxy groups -OCH3 is 1. The first-order valence-corrected chi connectivity index (χ1v) is 6.66. The number of esters is 1. The molecule has 0 aliphatic heterocycles. The molecular weight excluding hydrogens is 256 g/mol. The molecule has 0 fully saturated rings. The van der Waals surface area contributed by atoms with E-state index in [1.807, 2.05) is 26.0 Å². The van der Waals surface area contributed by atoms with Crippen LogP contribution in [0.25, 0.3) is 4.91 Å². The van der Waals surface area contributed by atoms with Crippen molar-refractivity contribution >= 4 is 22.6 Å². The number of benzene rings is 1. The van der Waals surface area contributed by atoms with Crippen LogP contribution < -0.4 is 0 Å². The molecule has 0 saturated carbocycles. The Morgan fingerprint density at radius 1 is 1.32 bits per heavy atom. The van der Waals surface area contributed by atoms with Crippen LogP contribution in [0.2, 0.25) is 0 Å². The molecule has 0 amide bonds.